The predicted octanol–water partition coefficient (Wildman–Crippen LogP) is 2.75. The van der Waals surface area contributed by atoms with Crippen LogP contribution in [0, 0.1) is 12.3 Å². The molecule has 0 spiro atoms. The monoisotopic (exact) mass is 270 g/mol. The maximum atomic E-state index is 9.83. The highest BCUT2D eigenvalue weighted by molar-refractivity contribution is 5.28. The summed E-state index contributed by atoms with van der Waals surface area (Å²) in [5.41, 5.74) is 3.02. The van der Waals surface area contributed by atoms with Crippen molar-refractivity contribution in [1.82, 2.24) is 0 Å². The van der Waals surface area contributed by atoms with Gasteiger partial charge in [0.25, 0.3) is 0 Å². The first-order valence-electron chi connectivity index (χ1n) is 6.99. The molecule has 0 aliphatic heterocycles. The Labute approximate surface area is 120 Å². The van der Waals surface area contributed by atoms with Gasteiger partial charge in [0, 0.05) is 5.41 Å². The largest absolute Gasteiger partial charge is 0.396 e. The van der Waals surface area contributed by atoms with E-state index in [1.165, 1.54) is 11.1 Å². The van der Waals surface area contributed by atoms with Crippen molar-refractivity contribution in [2.45, 2.75) is 19.8 Å². The summed E-state index contributed by atoms with van der Waals surface area (Å²) in [6.07, 6.45) is 1.36. The summed E-state index contributed by atoms with van der Waals surface area (Å²) >= 11 is 0. The highest BCUT2D eigenvalue weighted by Gasteiger charge is 2.30. The number of benzene rings is 2. The van der Waals surface area contributed by atoms with Gasteiger partial charge in [-0.05, 0) is 36.5 Å². The SMILES string of the molecule is Cc1ccccc1CC(CO)(CO)Cc1ccccc1. The number of hydrogen-bond donors (Lipinski definition) is 2. The Kier molecular flexibility index (Phi) is 4.94. The van der Waals surface area contributed by atoms with Crippen molar-refractivity contribution < 1.29 is 10.2 Å². The highest BCUT2D eigenvalue weighted by atomic mass is 16.3. The van der Waals surface area contributed by atoms with Crippen molar-refractivity contribution in [2.24, 2.45) is 5.41 Å². The molecule has 2 heteroatoms. The summed E-state index contributed by atoms with van der Waals surface area (Å²) in [7, 11) is 0. The quantitative estimate of drug-likeness (QED) is 0.847. The third kappa shape index (κ3) is 3.47. The van der Waals surface area contributed by atoms with Gasteiger partial charge in [0.15, 0.2) is 0 Å². The van der Waals surface area contributed by atoms with Crippen LogP contribution in [0.2, 0.25) is 0 Å². The summed E-state index contributed by atoms with van der Waals surface area (Å²) in [4.78, 5) is 0. The van der Waals surface area contributed by atoms with Gasteiger partial charge in [-0.15, -0.1) is 0 Å². The molecular weight excluding hydrogens is 248 g/mol. The number of rotatable bonds is 6. The first-order chi connectivity index (χ1) is 9.69. The third-order valence-corrected chi connectivity index (χ3v) is 3.92. The zero-order chi connectivity index (χ0) is 14.4. The van der Waals surface area contributed by atoms with Crippen molar-refractivity contribution in [3.05, 3.63) is 71.3 Å². The Morgan fingerprint density at radius 2 is 1.40 bits per heavy atom. The van der Waals surface area contributed by atoms with Crippen LogP contribution < -0.4 is 0 Å². The number of aryl methyl sites for hydroxylation is 1. The summed E-state index contributed by atoms with van der Waals surface area (Å²) < 4.78 is 0. The zero-order valence-electron chi connectivity index (χ0n) is 11.9. The van der Waals surface area contributed by atoms with E-state index in [4.69, 9.17) is 0 Å². The zero-order valence-corrected chi connectivity index (χ0v) is 11.9. The molecule has 0 fully saturated rings. The van der Waals surface area contributed by atoms with Gasteiger partial charge in [0.05, 0.1) is 13.2 Å². The molecule has 0 aliphatic carbocycles. The molecule has 0 heterocycles. The van der Waals surface area contributed by atoms with Gasteiger partial charge in [-0.2, -0.15) is 0 Å². The Morgan fingerprint density at radius 3 is 2.00 bits per heavy atom. The minimum absolute atomic E-state index is 0.0211. The molecule has 20 heavy (non-hydrogen) atoms. The molecule has 2 nitrogen and oxygen atoms in total. The number of hydrogen-bond acceptors (Lipinski definition) is 2. The minimum Gasteiger partial charge on any atom is -0.396 e. The maximum Gasteiger partial charge on any atom is 0.0515 e. The van der Waals surface area contributed by atoms with E-state index in [-0.39, 0.29) is 13.2 Å². The van der Waals surface area contributed by atoms with Gasteiger partial charge >= 0.3 is 0 Å². The summed E-state index contributed by atoms with van der Waals surface area (Å²) in [6, 6.07) is 18.2. The minimum atomic E-state index is -0.506. The fourth-order valence-electron chi connectivity index (χ4n) is 2.58. The fraction of sp³-hybridized carbons (Fsp3) is 0.333. The predicted molar refractivity (Wildman–Crippen MR) is 81.6 cm³/mol. The van der Waals surface area contributed by atoms with Crippen LogP contribution in [-0.4, -0.2) is 23.4 Å². The average molecular weight is 270 g/mol. The number of aliphatic hydroxyl groups is 2. The van der Waals surface area contributed by atoms with E-state index >= 15 is 0 Å². The van der Waals surface area contributed by atoms with Crippen LogP contribution in [0.5, 0.6) is 0 Å². The maximum absolute atomic E-state index is 9.83. The molecular formula is C18H22O2. The Balaban J connectivity index is 2.23. The molecule has 0 saturated heterocycles. The van der Waals surface area contributed by atoms with E-state index in [1.54, 1.807) is 0 Å². The normalized spacial score (nSPS) is 11.6. The second-order valence-corrected chi connectivity index (χ2v) is 5.58. The van der Waals surface area contributed by atoms with Gasteiger partial charge in [0.1, 0.15) is 0 Å². The van der Waals surface area contributed by atoms with Crippen LogP contribution in [0.3, 0.4) is 0 Å². The lowest BCUT2D eigenvalue weighted by Gasteiger charge is -2.30. The molecule has 0 aromatic heterocycles. The number of aliphatic hydroxyl groups excluding tert-OH is 2. The molecule has 0 saturated carbocycles. The van der Waals surface area contributed by atoms with Crippen LogP contribution in [0.4, 0.5) is 0 Å². The van der Waals surface area contributed by atoms with Gasteiger partial charge in [0.2, 0.25) is 0 Å². The van der Waals surface area contributed by atoms with Crippen molar-refractivity contribution in [1.29, 1.82) is 0 Å². The first-order valence-corrected chi connectivity index (χ1v) is 6.99. The first kappa shape index (κ1) is 14.8. The molecule has 0 radical (unpaired) electrons. The molecule has 2 N–H and O–H groups in total. The Morgan fingerprint density at radius 1 is 0.800 bits per heavy atom. The summed E-state index contributed by atoms with van der Waals surface area (Å²) in [5.74, 6) is 0. The molecule has 106 valence electrons. The molecule has 2 aromatic rings. The fourth-order valence-corrected chi connectivity index (χ4v) is 2.58. The van der Waals surface area contributed by atoms with Crippen LogP contribution in [-0.2, 0) is 12.8 Å². The molecule has 2 aromatic carbocycles. The lowest BCUT2D eigenvalue weighted by atomic mass is 9.77. The van der Waals surface area contributed by atoms with Crippen molar-refractivity contribution >= 4 is 0 Å². The highest BCUT2D eigenvalue weighted by Crippen LogP contribution is 2.28. The second kappa shape index (κ2) is 6.69. The van der Waals surface area contributed by atoms with Crippen LogP contribution >= 0.6 is 0 Å². The van der Waals surface area contributed by atoms with E-state index in [2.05, 4.69) is 19.1 Å². The van der Waals surface area contributed by atoms with Gasteiger partial charge in [-0.3, -0.25) is 0 Å². The van der Waals surface area contributed by atoms with E-state index in [1.807, 2.05) is 42.5 Å². The molecule has 0 bridgehead atoms. The lowest BCUT2D eigenvalue weighted by Crippen LogP contribution is -2.35. The van der Waals surface area contributed by atoms with Gasteiger partial charge in [-0.25, -0.2) is 0 Å². The van der Waals surface area contributed by atoms with E-state index in [9.17, 15) is 10.2 Å². The standard InChI is InChI=1S/C18H22O2/c1-15-7-5-6-10-17(15)12-18(13-19,14-20)11-16-8-3-2-4-9-16/h2-10,19-20H,11-14H2,1H3. The molecule has 0 atom stereocenters. The third-order valence-electron chi connectivity index (χ3n) is 3.92. The van der Waals surface area contributed by atoms with Gasteiger partial charge in [-0.1, -0.05) is 54.6 Å². The topological polar surface area (TPSA) is 40.5 Å². The molecule has 0 amide bonds. The van der Waals surface area contributed by atoms with Crippen LogP contribution in [0.15, 0.2) is 54.6 Å². The van der Waals surface area contributed by atoms with Gasteiger partial charge < -0.3 is 10.2 Å². The average Bonchev–Trinajstić information content (AvgIpc) is 2.50. The smallest absolute Gasteiger partial charge is 0.0515 e. The summed E-state index contributed by atoms with van der Waals surface area (Å²) in [6.45, 7) is 2.02. The molecule has 0 aliphatic rings. The van der Waals surface area contributed by atoms with Crippen LogP contribution in [0.1, 0.15) is 16.7 Å². The van der Waals surface area contributed by atoms with E-state index < -0.39 is 5.41 Å². The van der Waals surface area contributed by atoms with Crippen molar-refractivity contribution in [3.8, 4) is 0 Å². The second-order valence-electron chi connectivity index (χ2n) is 5.58. The Hall–Kier alpha value is -1.64. The summed E-state index contributed by atoms with van der Waals surface area (Å²) in [5, 5.41) is 19.7. The van der Waals surface area contributed by atoms with Crippen LogP contribution in [0.25, 0.3) is 0 Å². The van der Waals surface area contributed by atoms with E-state index in [0.29, 0.717) is 12.8 Å². The van der Waals surface area contributed by atoms with E-state index in [0.717, 1.165) is 5.56 Å². The Bertz CT molecular complexity index is 530. The molecule has 0 unspecified atom stereocenters. The molecule has 2 rings (SSSR count). The van der Waals surface area contributed by atoms with Crippen molar-refractivity contribution in [3.63, 3.8) is 0 Å². The lowest BCUT2D eigenvalue weighted by molar-refractivity contribution is 0.0547. The van der Waals surface area contributed by atoms with Crippen molar-refractivity contribution in [2.75, 3.05) is 13.2 Å².